The van der Waals surface area contributed by atoms with Crippen LogP contribution in [0.25, 0.3) is 11.0 Å². The number of anilines is 1. The van der Waals surface area contributed by atoms with Crippen LogP contribution in [0.1, 0.15) is 27.7 Å². The van der Waals surface area contributed by atoms with Gasteiger partial charge in [-0.2, -0.15) is 0 Å². The second-order valence-electron chi connectivity index (χ2n) is 7.04. The van der Waals surface area contributed by atoms with E-state index in [4.69, 9.17) is 27.6 Å². The van der Waals surface area contributed by atoms with Gasteiger partial charge in [0.25, 0.3) is 5.91 Å². The van der Waals surface area contributed by atoms with E-state index in [0.29, 0.717) is 32.3 Å². The number of carbonyl (C=O) groups excluding carboxylic acids is 1. The average molecular weight is 580 g/mol. The molecule has 0 fully saturated rings. The van der Waals surface area contributed by atoms with Crippen LogP contribution < -0.4 is 10.3 Å². The van der Waals surface area contributed by atoms with Crippen molar-refractivity contribution in [3.8, 4) is 0 Å². The predicted octanol–water partition coefficient (Wildman–Crippen LogP) is 7.37. The molecule has 4 nitrogen and oxygen atoms in total. The van der Waals surface area contributed by atoms with Crippen molar-refractivity contribution >= 4 is 77.6 Å². The Balaban J connectivity index is 1.83. The SMILES string of the molecule is O=C1c2oc3ccc(Br)cc3c(=O)c2C(c2ccc(Cl)c(Cl)c2)N1c1ccc(Br)cc1. The molecular weight excluding hydrogens is 569 g/mol. The third kappa shape index (κ3) is 3.42. The van der Waals surface area contributed by atoms with E-state index in [9.17, 15) is 9.59 Å². The molecule has 0 bridgehead atoms. The number of amides is 1. The molecule has 0 saturated heterocycles. The van der Waals surface area contributed by atoms with Crippen LogP contribution >= 0.6 is 55.1 Å². The summed E-state index contributed by atoms with van der Waals surface area (Å²) in [5.41, 5.74) is 1.65. The second-order valence-corrected chi connectivity index (χ2v) is 9.69. The van der Waals surface area contributed by atoms with Crippen molar-refractivity contribution in [2.75, 3.05) is 4.90 Å². The van der Waals surface area contributed by atoms with Crippen LogP contribution in [0.3, 0.4) is 0 Å². The first-order chi connectivity index (χ1) is 14.8. The molecule has 1 atom stereocenters. The Morgan fingerprint density at radius 2 is 1.55 bits per heavy atom. The third-order valence-corrected chi connectivity index (χ3v) is 6.96. The summed E-state index contributed by atoms with van der Waals surface area (Å²) >= 11 is 19.2. The summed E-state index contributed by atoms with van der Waals surface area (Å²) in [6, 6.07) is 16.8. The van der Waals surface area contributed by atoms with Gasteiger partial charge in [-0.25, -0.2) is 0 Å². The Morgan fingerprint density at radius 3 is 2.26 bits per heavy atom. The molecule has 1 aliphatic heterocycles. The van der Waals surface area contributed by atoms with E-state index < -0.39 is 11.9 Å². The molecule has 0 saturated carbocycles. The van der Waals surface area contributed by atoms with E-state index in [1.807, 2.05) is 12.1 Å². The van der Waals surface area contributed by atoms with E-state index >= 15 is 0 Å². The van der Waals surface area contributed by atoms with Crippen molar-refractivity contribution < 1.29 is 9.21 Å². The van der Waals surface area contributed by atoms with Gasteiger partial charge >= 0.3 is 0 Å². The van der Waals surface area contributed by atoms with Gasteiger partial charge in [0.05, 0.1) is 27.0 Å². The molecule has 1 aromatic heterocycles. The van der Waals surface area contributed by atoms with E-state index in [1.54, 1.807) is 53.4 Å². The standard InChI is InChI=1S/C23H11Br2Cl2NO3/c24-12-2-5-14(6-3-12)28-20(11-1-7-16(26)17(27)9-11)19-21(29)15-10-13(25)4-8-18(15)31-22(19)23(28)30/h1-10,20H. The van der Waals surface area contributed by atoms with Gasteiger partial charge in [0.1, 0.15) is 5.58 Å². The predicted molar refractivity (Wildman–Crippen MR) is 129 cm³/mol. The maximum atomic E-state index is 13.6. The molecule has 154 valence electrons. The van der Waals surface area contributed by atoms with E-state index in [1.165, 1.54) is 0 Å². The Morgan fingerprint density at radius 1 is 0.839 bits per heavy atom. The Bertz CT molecular complexity index is 1430. The van der Waals surface area contributed by atoms with Crippen LogP contribution in [-0.2, 0) is 0 Å². The fraction of sp³-hybridized carbons (Fsp3) is 0.0435. The summed E-state index contributed by atoms with van der Waals surface area (Å²) in [6.07, 6.45) is 0. The third-order valence-electron chi connectivity index (χ3n) is 5.20. The van der Waals surface area contributed by atoms with E-state index in [-0.39, 0.29) is 16.8 Å². The maximum absolute atomic E-state index is 13.6. The van der Waals surface area contributed by atoms with Crippen molar-refractivity contribution in [2.45, 2.75) is 6.04 Å². The maximum Gasteiger partial charge on any atom is 0.295 e. The number of hydrogen-bond acceptors (Lipinski definition) is 3. The lowest BCUT2D eigenvalue weighted by Gasteiger charge is -2.25. The lowest BCUT2D eigenvalue weighted by Crippen LogP contribution is -2.29. The molecule has 0 radical (unpaired) electrons. The van der Waals surface area contributed by atoms with Gasteiger partial charge in [-0.1, -0.05) is 61.1 Å². The van der Waals surface area contributed by atoms with Crippen LogP contribution in [0.15, 0.2) is 78.8 Å². The zero-order chi connectivity index (χ0) is 21.9. The highest BCUT2D eigenvalue weighted by molar-refractivity contribution is 9.10. The molecule has 0 N–H and O–H groups in total. The Kier molecular flexibility index (Phi) is 5.21. The number of nitrogens with zero attached hydrogens (tertiary/aromatic N) is 1. The quantitative estimate of drug-likeness (QED) is 0.249. The minimum absolute atomic E-state index is 0.0267. The summed E-state index contributed by atoms with van der Waals surface area (Å²) in [5.74, 6) is -0.367. The van der Waals surface area contributed by atoms with Gasteiger partial charge < -0.3 is 4.42 Å². The molecular formula is C23H11Br2Cl2NO3. The van der Waals surface area contributed by atoms with Gasteiger partial charge in [0.2, 0.25) is 5.76 Å². The number of hydrogen-bond donors (Lipinski definition) is 0. The van der Waals surface area contributed by atoms with Crippen molar-refractivity contribution in [1.29, 1.82) is 0 Å². The van der Waals surface area contributed by atoms with Crippen LogP contribution in [0.2, 0.25) is 10.0 Å². The van der Waals surface area contributed by atoms with Gasteiger partial charge in [-0.05, 0) is 60.2 Å². The van der Waals surface area contributed by atoms with Gasteiger partial charge in [0.15, 0.2) is 5.43 Å². The summed E-state index contributed by atoms with van der Waals surface area (Å²) < 4.78 is 7.57. The van der Waals surface area contributed by atoms with Crippen molar-refractivity contribution in [3.05, 3.63) is 107 Å². The van der Waals surface area contributed by atoms with E-state index in [2.05, 4.69) is 31.9 Å². The monoisotopic (exact) mass is 577 g/mol. The van der Waals surface area contributed by atoms with E-state index in [0.717, 1.165) is 8.95 Å². The summed E-state index contributed by atoms with van der Waals surface area (Å²) in [7, 11) is 0. The molecule has 0 spiro atoms. The van der Waals surface area contributed by atoms with Gasteiger partial charge in [-0.15, -0.1) is 0 Å². The van der Waals surface area contributed by atoms with Gasteiger partial charge in [-0.3, -0.25) is 14.5 Å². The lowest BCUT2D eigenvalue weighted by atomic mass is 9.98. The molecule has 2 heterocycles. The molecule has 0 aliphatic carbocycles. The molecule has 1 aliphatic rings. The Labute approximate surface area is 203 Å². The minimum atomic E-state index is -0.710. The van der Waals surface area contributed by atoms with Crippen molar-refractivity contribution in [1.82, 2.24) is 0 Å². The largest absolute Gasteiger partial charge is 0.450 e. The first-order valence-electron chi connectivity index (χ1n) is 9.15. The number of fused-ring (bicyclic) bond motifs is 2. The second kappa shape index (κ2) is 7.78. The van der Waals surface area contributed by atoms with Crippen LogP contribution in [0.5, 0.6) is 0 Å². The first-order valence-corrected chi connectivity index (χ1v) is 11.5. The molecule has 5 rings (SSSR count). The zero-order valence-electron chi connectivity index (χ0n) is 15.5. The summed E-state index contributed by atoms with van der Waals surface area (Å²) in [4.78, 5) is 28.6. The number of rotatable bonds is 2. The van der Waals surface area contributed by atoms with Crippen molar-refractivity contribution in [3.63, 3.8) is 0 Å². The van der Waals surface area contributed by atoms with Crippen LogP contribution in [0.4, 0.5) is 5.69 Å². The number of halogens is 4. The average Bonchev–Trinajstić information content (AvgIpc) is 3.04. The molecule has 8 heteroatoms. The van der Waals surface area contributed by atoms with Crippen molar-refractivity contribution in [2.24, 2.45) is 0 Å². The molecule has 3 aromatic carbocycles. The van der Waals surface area contributed by atoms with Crippen LogP contribution in [0, 0.1) is 0 Å². The fourth-order valence-electron chi connectivity index (χ4n) is 3.81. The summed E-state index contributed by atoms with van der Waals surface area (Å²) in [6.45, 7) is 0. The lowest BCUT2D eigenvalue weighted by molar-refractivity contribution is 0.0971. The van der Waals surface area contributed by atoms with Crippen LogP contribution in [-0.4, -0.2) is 5.91 Å². The number of carbonyl (C=O) groups is 1. The number of benzene rings is 3. The zero-order valence-corrected chi connectivity index (χ0v) is 20.2. The highest BCUT2D eigenvalue weighted by atomic mass is 79.9. The molecule has 1 amide bonds. The molecule has 1 unspecified atom stereocenters. The smallest absolute Gasteiger partial charge is 0.295 e. The molecule has 31 heavy (non-hydrogen) atoms. The Hall–Kier alpha value is -2.12. The minimum Gasteiger partial charge on any atom is -0.450 e. The summed E-state index contributed by atoms with van der Waals surface area (Å²) in [5, 5.41) is 1.12. The normalized spacial score (nSPS) is 15.5. The molecule has 4 aromatic rings. The van der Waals surface area contributed by atoms with Gasteiger partial charge in [0, 0.05) is 14.6 Å². The topological polar surface area (TPSA) is 50.5 Å². The highest BCUT2D eigenvalue weighted by Crippen LogP contribution is 2.42. The highest BCUT2D eigenvalue weighted by Gasteiger charge is 2.43. The first kappa shape index (κ1) is 20.8. The fourth-order valence-corrected chi connectivity index (χ4v) is 4.74.